The monoisotopic (exact) mass is 280 g/mol. The van der Waals surface area contributed by atoms with Gasteiger partial charge in [0.1, 0.15) is 11.6 Å². The quantitative estimate of drug-likeness (QED) is 0.912. The minimum Gasteiger partial charge on any atom is -0.315 e. The predicted octanol–water partition coefficient (Wildman–Crippen LogP) is 3.07. The van der Waals surface area contributed by atoms with Gasteiger partial charge in [-0.1, -0.05) is 18.9 Å². The van der Waals surface area contributed by atoms with Crippen molar-refractivity contribution in [2.75, 3.05) is 13.1 Å². The summed E-state index contributed by atoms with van der Waals surface area (Å²) in [7, 11) is 0. The molecule has 1 aliphatic carbocycles. The highest BCUT2D eigenvalue weighted by Gasteiger charge is 2.30. The molecule has 0 spiro atoms. The van der Waals surface area contributed by atoms with Gasteiger partial charge in [0, 0.05) is 36.8 Å². The number of rotatable bonds is 4. The van der Waals surface area contributed by atoms with Gasteiger partial charge in [-0.05, 0) is 31.9 Å². The zero-order valence-corrected chi connectivity index (χ0v) is 11.7. The normalized spacial score (nSPS) is 23.9. The minimum atomic E-state index is -0.499. The van der Waals surface area contributed by atoms with E-state index < -0.39 is 11.6 Å². The molecule has 1 N–H and O–H groups in total. The minimum absolute atomic E-state index is 0.418. The van der Waals surface area contributed by atoms with Crippen LogP contribution in [0.1, 0.15) is 37.7 Å². The lowest BCUT2D eigenvalue weighted by Gasteiger charge is -2.34. The summed E-state index contributed by atoms with van der Waals surface area (Å²) in [5.74, 6) is -0.917. The third-order valence-electron chi connectivity index (χ3n) is 4.67. The Kier molecular flexibility index (Phi) is 4.32. The van der Waals surface area contributed by atoms with Crippen LogP contribution in [0.4, 0.5) is 8.78 Å². The summed E-state index contributed by atoms with van der Waals surface area (Å²) >= 11 is 0. The average Bonchev–Trinajstić information content (AvgIpc) is 3.11. The van der Waals surface area contributed by atoms with E-state index in [1.807, 2.05) is 0 Å². The van der Waals surface area contributed by atoms with E-state index in [1.165, 1.54) is 31.7 Å². The standard InChI is InChI=1S/C16H22F2N2/c17-13-6-5-12(16(18)9-13)11-20(14-3-1-2-4-14)15-7-8-19-10-15/h5-6,9,14-15,19H,1-4,7-8,10-11H2/t15-/m0/s1. The molecule has 0 amide bonds. The van der Waals surface area contributed by atoms with E-state index in [2.05, 4.69) is 10.2 Å². The molecule has 2 aliphatic rings. The van der Waals surface area contributed by atoms with Crippen molar-refractivity contribution in [1.82, 2.24) is 10.2 Å². The highest BCUT2D eigenvalue weighted by molar-refractivity contribution is 5.19. The molecule has 1 aromatic carbocycles. The predicted molar refractivity (Wildman–Crippen MR) is 75.4 cm³/mol. The Morgan fingerprint density at radius 3 is 2.55 bits per heavy atom. The van der Waals surface area contributed by atoms with Crippen molar-refractivity contribution in [2.24, 2.45) is 0 Å². The van der Waals surface area contributed by atoms with Gasteiger partial charge in [0.15, 0.2) is 0 Å². The number of benzene rings is 1. The molecule has 2 fully saturated rings. The molecule has 1 saturated heterocycles. The maximum atomic E-state index is 13.9. The molecule has 0 aromatic heterocycles. The van der Waals surface area contributed by atoms with Crippen LogP contribution >= 0.6 is 0 Å². The van der Waals surface area contributed by atoms with Crippen LogP contribution < -0.4 is 5.32 Å². The van der Waals surface area contributed by atoms with Gasteiger partial charge in [-0.25, -0.2) is 8.78 Å². The molecule has 1 aliphatic heterocycles. The Morgan fingerprint density at radius 2 is 1.90 bits per heavy atom. The molecule has 2 nitrogen and oxygen atoms in total. The third kappa shape index (κ3) is 3.01. The maximum Gasteiger partial charge on any atom is 0.130 e. The highest BCUT2D eigenvalue weighted by atomic mass is 19.1. The van der Waals surface area contributed by atoms with Gasteiger partial charge < -0.3 is 5.32 Å². The van der Waals surface area contributed by atoms with Gasteiger partial charge in [0.05, 0.1) is 0 Å². The van der Waals surface area contributed by atoms with Gasteiger partial charge in [-0.3, -0.25) is 4.90 Å². The zero-order valence-electron chi connectivity index (χ0n) is 11.7. The van der Waals surface area contributed by atoms with Crippen LogP contribution in [0.5, 0.6) is 0 Å². The second-order valence-corrected chi connectivity index (χ2v) is 5.99. The molecule has 1 atom stereocenters. The van der Waals surface area contributed by atoms with Crippen LogP contribution in [-0.4, -0.2) is 30.1 Å². The summed E-state index contributed by atoms with van der Waals surface area (Å²) in [5.41, 5.74) is 0.616. The molecule has 1 aromatic rings. The fourth-order valence-electron chi connectivity index (χ4n) is 3.56. The second kappa shape index (κ2) is 6.19. The summed E-state index contributed by atoms with van der Waals surface area (Å²) < 4.78 is 26.9. The molecule has 1 saturated carbocycles. The molecule has 0 radical (unpaired) electrons. The van der Waals surface area contributed by atoms with Crippen molar-refractivity contribution in [3.05, 3.63) is 35.4 Å². The summed E-state index contributed by atoms with van der Waals surface area (Å²) in [6.45, 7) is 2.63. The first-order valence-electron chi connectivity index (χ1n) is 7.64. The van der Waals surface area contributed by atoms with Crippen molar-refractivity contribution >= 4 is 0 Å². The Labute approximate surface area is 119 Å². The second-order valence-electron chi connectivity index (χ2n) is 5.99. The largest absolute Gasteiger partial charge is 0.315 e. The van der Waals surface area contributed by atoms with E-state index in [0.29, 0.717) is 24.2 Å². The van der Waals surface area contributed by atoms with E-state index in [-0.39, 0.29) is 0 Å². The Hall–Kier alpha value is -1.00. The molecule has 20 heavy (non-hydrogen) atoms. The van der Waals surface area contributed by atoms with Crippen LogP contribution in [0.3, 0.4) is 0 Å². The lowest BCUT2D eigenvalue weighted by atomic mass is 10.1. The maximum absolute atomic E-state index is 13.9. The molecule has 3 rings (SSSR count). The SMILES string of the molecule is Fc1ccc(CN(C2CCCC2)[C@H]2CCNC2)c(F)c1. The fraction of sp³-hybridized carbons (Fsp3) is 0.625. The molecule has 110 valence electrons. The Morgan fingerprint density at radius 1 is 1.10 bits per heavy atom. The van der Waals surface area contributed by atoms with Crippen molar-refractivity contribution in [1.29, 1.82) is 0 Å². The van der Waals surface area contributed by atoms with Crippen molar-refractivity contribution in [3.63, 3.8) is 0 Å². The smallest absolute Gasteiger partial charge is 0.130 e. The van der Waals surface area contributed by atoms with E-state index in [9.17, 15) is 8.78 Å². The van der Waals surface area contributed by atoms with E-state index in [4.69, 9.17) is 0 Å². The van der Waals surface area contributed by atoms with E-state index in [1.54, 1.807) is 6.07 Å². The number of hydrogen-bond donors (Lipinski definition) is 1. The van der Waals surface area contributed by atoms with Crippen molar-refractivity contribution in [2.45, 2.75) is 50.7 Å². The first-order valence-corrected chi connectivity index (χ1v) is 7.64. The van der Waals surface area contributed by atoms with Gasteiger partial charge in [-0.15, -0.1) is 0 Å². The molecule has 1 heterocycles. The summed E-state index contributed by atoms with van der Waals surface area (Å²) in [5, 5.41) is 3.39. The van der Waals surface area contributed by atoms with Crippen LogP contribution in [-0.2, 0) is 6.54 Å². The first kappa shape index (κ1) is 14.0. The Bertz CT molecular complexity index is 436. The van der Waals surface area contributed by atoms with Crippen molar-refractivity contribution in [3.8, 4) is 0 Å². The number of halogens is 2. The van der Waals surface area contributed by atoms with Crippen LogP contribution in [0.2, 0.25) is 0 Å². The lowest BCUT2D eigenvalue weighted by Crippen LogP contribution is -2.42. The highest BCUT2D eigenvalue weighted by Crippen LogP contribution is 2.28. The molecule has 0 bridgehead atoms. The molecular formula is C16H22F2N2. The van der Waals surface area contributed by atoms with Crippen molar-refractivity contribution < 1.29 is 8.78 Å². The number of hydrogen-bond acceptors (Lipinski definition) is 2. The van der Waals surface area contributed by atoms with Crippen LogP contribution in [0.15, 0.2) is 18.2 Å². The van der Waals surface area contributed by atoms with Gasteiger partial charge in [0.25, 0.3) is 0 Å². The number of nitrogens with zero attached hydrogens (tertiary/aromatic N) is 1. The van der Waals surface area contributed by atoms with E-state index in [0.717, 1.165) is 25.6 Å². The topological polar surface area (TPSA) is 15.3 Å². The summed E-state index contributed by atoms with van der Waals surface area (Å²) in [4.78, 5) is 2.45. The first-order chi connectivity index (χ1) is 9.74. The van der Waals surface area contributed by atoms with Crippen LogP contribution in [0, 0.1) is 11.6 Å². The summed E-state index contributed by atoms with van der Waals surface area (Å²) in [6, 6.07) is 4.99. The third-order valence-corrected chi connectivity index (χ3v) is 4.67. The lowest BCUT2D eigenvalue weighted by molar-refractivity contribution is 0.134. The van der Waals surface area contributed by atoms with Gasteiger partial charge in [-0.2, -0.15) is 0 Å². The fourth-order valence-corrected chi connectivity index (χ4v) is 3.56. The number of nitrogens with one attached hydrogen (secondary N) is 1. The summed E-state index contributed by atoms with van der Waals surface area (Å²) in [6.07, 6.45) is 6.08. The molecule has 0 unspecified atom stereocenters. The zero-order chi connectivity index (χ0) is 13.9. The Balaban J connectivity index is 1.77. The van der Waals surface area contributed by atoms with Crippen LogP contribution in [0.25, 0.3) is 0 Å². The van der Waals surface area contributed by atoms with Gasteiger partial charge in [0.2, 0.25) is 0 Å². The van der Waals surface area contributed by atoms with E-state index >= 15 is 0 Å². The average molecular weight is 280 g/mol. The molecular weight excluding hydrogens is 258 g/mol. The molecule has 4 heteroatoms. The van der Waals surface area contributed by atoms with Gasteiger partial charge >= 0.3 is 0 Å².